The predicted molar refractivity (Wildman–Crippen MR) is 48.8 cm³/mol. The van der Waals surface area contributed by atoms with Crippen molar-refractivity contribution < 1.29 is 19.4 Å². The van der Waals surface area contributed by atoms with Gasteiger partial charge in [0.05, 0.1) is 0 Å². The Bertz CT molecular complexity index is 223. The van der Waals surface area contributed by atoms with E-state index < -0.39 is 18.1 Å². The number of carbonyl (C=O) groups excluding carboxylic acids is 1. The SMILES string of the molecule is C[C@H](NC(=O)C1CCCCO1)C(=O)O. The van der Waals surface area contributed by atoms with Crippen LogP contribution in [-0.4, -0.2) is 35.7 Å². The van der Waals surface area contributed by atoms with E-state index in [0.717, 1.165) is 12.8 Å². The van der Waals surface area contributed by atoms with Crippen LogP contribution in [0, 0.1) is 0 Å². The Kier molecular flexibility index (Phi) is 3.88. The number of carbonyl (C=O) groups is 2. The summed E-state index contributed by atoms with van der Waals surface area (Å²) in [5, 5.41) is 11.0. The Balaban J connectivity index is 2.36. The molecule has 1 aliphatic rings. The molecule has 1 amide bonds. The van der Waals surface area contributed by atoms with Crippen LogP contribution in [-0.2, 0) is 14.3 Å². The van der Waals surface area contributed by atoms with Crippen molar-refractivity contribution >= 4 is 11.9 Å². The summed E-state index contributed by atoms with van der Waals surface area (Å²) >= 11 is 0. The van der Waals surface area contributed by atoms with Gasteiger partial charge in [0.1, 0.15) is 12.1 Å². The van der Waals surface area contributed by atoms with E-state index in [-0.39, 0.29) is 5.91 Å². The van der Waals surface area contributed by atoms with E-state index in [1.807, 2.05) is 0 Å². The number of carboxylic acids is 1. The first kappa shape index (κ1) is 11.0. The fraction of sp³-hybridized carbons (Fsp3) is 0.778. The zero-order chi connectivity index (χ0) is 10.6. The fourth-order valence-corrected chi connectivity index (χ4v) is 1.32. The molecule has 1 aliphatic heterocycles. The number of aliphatic carboxylic acids is 1. The van der Waals surface area contributed by atoms with Crippen LogP contribution in [0.3, 0.4) is 0 Å². The highest BCUT2D eigenvalue weighted by molar-refractivity contribution is 5.86. The van der Waals surface area contributed by atoms with Gasteiger partial charge >= 0.3 is 5.97 Å². The van der Waals surface area contributed by atoms with Crippen molar-refractivity contribution in [1.82, 2.24) is 5.32 Å². The molecular weight excluding hydrogens is 186 g/mol. The van der Waals surface area contributed by atoms with E-state index in [0.29, 0.717) is 13.0 Å². The van der Waals surface area contributed by atoms with Crippen LogP contribution in [0.2, 0.25) is 0 Å². The lowest BCUT2D eigenvalue weighted by atomic mass is 10.1. The second kappa shape index (κ2) is 4.95. The van der Waals surface area contributed by atoms with Crippen LogP contribution >= 0.6 is 0 Å². The summed E-state index contributed by atoms with van der Waals surface area (Å²) in [4.78, 5) is 21.9. The first-order valence-corrected chi connectivity index (χ1v) is 4.76. The van der Waals surface area contributed by atoms with Crippen molar-refractivity contribution in [2.45, 2.75) is 38.3 Å². The minimum absolute atomic E-state index is 0.320. The number of carboxylic acid groups (broad SMARTS) is 1. The number of hydrogen-bond acceptors (Lipinski definition) is 3. The van der Waals surface area contributed by atoms with Gasteiger partial charge in [0, 0.05) is 6.61 Å². The molecule has 2 atom stereocenters. The van der Waals surface area contributed by atoms with Gasteiger partial charge in [-0.15, -0.1) is 0 Å². The van der Waals surface area contributed by atoms with E-state index in [4.69, 9.17) is 9.84 Å². The van der Waals surface area contributed by atoms with Gasteiger partial charge in [-0.1, -0.05) is 0 Å². The lowest BCUT2D eigenvalue weighted by molar-refractivity contribution is -0.144. The standard InChI is InChI=1S/C9H15NO4/c1-6(9(12)13)10-8(11)7-4-2-3-5-14-7/h6-7H,2-5H2,1H3,(H,10,11)(H,12,13)/t6-,7?/m0/s1. The first-order valence-electron chi connectivity index (χ1n) is 4.76. The highest BCUT2D eigenvalue weighted by Gasteiger charge is 2.24. The molecule has 0 radical (unpaired) electrons. The summed E-state index contributed by atoms with van der Waals surface area (Å²) in [6, 6.07) is -0.854. The molecule has 0 spiro atoms. The number of amides is 1. The highest BCUT2D eigenvalue weighted by atomic mass is 16.5. The largest absolute Gasteiger partial charge is 0.480 e. The van der Waals surface area contributed by atoms with Crippen molar-refractivity contribution in [3.63, 3.8) is 0 Å². The Labute approximate surface area is 82.4 Å². The van der Waals surface area contributed by atoms with Gasteiger partial charge in [0.25, 0.3) is 0 Å². The maximum atomic E-state index is 11.4. The molecule has 1 fully saturated rings. The molecule has 1 heterocycles. The van der Waals surface area contributed by atoms with E-state index in [1.165, 1.54) is 6.92 Å². The lowest BCUT2D eigenvalue weighted by Crippen LogP contribution is -2.45. The summed E-state index contributed by atoms with van der Waals surface area (Å²) in [7, 11) is 0. The molecular formula is C9H15NO4. The Morgan fingerprint density at radius 1 is 1.50 bits per heavy atom. The molecule has 0 aromatic carbocycles. The average Bonchev–Trinajstić information content (AvgIpc) is 2.19. The molecule has 1 rings (SSSR count). The van der Waals surface area contributed by atoms with E-state index in [1.54, 1.807) is 0 Å². The van der Waals surface area contributed by atoms with Gasteiger partial charge in [0.2, 0.25) is 5.91 Å². The topological polar surface area (TPSA) is 75.6 Å². The van der Waals surface area contributed by atoms with Crippen molar-refractivity contribution in [2.24, 2.45) is 0 Å². The van der Waals surface area contributed by atoms with E-state index >= 15 is 0 Å². The molecule has 1 unspecified atom stereocenters. The van der Waals surface area contributed by atoms with E-state index in [2.05, 4.69) is 5.32 Å². The fourth-order valence-electron chi connectivity index (χ4n) is 1.32. The van der Waals surface area contributed by atoms with Gasteiger partial charge in [0.15, 0.2) is 0 Å². The maximum absolute atomic E-state index is 11.4. The summed E-state index contributed by atoms with van der Waals surface area (Å²) < 4.78 is 5.22. The Morgan fingerprint density at radius 2 is 2.21 bits per heavy atom. The molecule has 0 saturated carbocycles. The molecule has 14 heavy (non-hydrogen) atoms. The van der Waals surface area contributed by atoms with Crippen LogP contribution in [0.4, 0.5) is 0 Å². The van der Waals surface area contributed by atoms with Crippen LogP contribution in [0.1, 0.15) is 26.2 Å². The molecule has 5 nitrogen and oxygen atoms in total. The Hall–Kier alpha value is -1.10. The lowest BCUT2D eigenvalue weighted by Gasteiger charge is -2.22. The minimum atomic E-state index is -1.03. The van der Waals surface area contributed by atoms with Gasteiger partial charge in [-0.2, -0.15) is 0 Å². The Morgan fingerprint density at radius 3 is 2.71 bits per heavy atom. The van der Waals surface area contributed by atoms with Crippen molar-refractivity contribution in [3.8, 4) is 0 Å². The second-order valence-electron chi connectivity index (χ2n) is 3.42. The molecule has 1 saturated heterocycles. The van der Waals surface area contributed by atoms with Crippen LogP contribution in [0.25, 0.3) is 0 Å². The van der Waals surface area contributed by atoms with Crippen LogP contribution in [0.5, 0.6) is 0 Å². The third kappa shape index (κ3) is 2.99. The molecule has 2 N–H and O–H groups in total. The zero-order valence-electron chi connectivity index (χ0n) is 8.16. The van der Waals surface area contributed by atoms with Crippen molar-refractivity contribution in [1.29, 1.82) is 0 Å². The normalized spacial score (nSPS) is 23.9. The predicted octanol–water partition coefficient (Wildman–Crippen LogP) is 0.145. The van der Waals surface area contributed by atoms with Gasteiger partial charge < -0.3 is 15.2 Å². The average molecular weight is 201 g/mol. The number of hydrogen-bond donors (Lipinski definition) is 2. The molecule has 5 heteroatoms. The molecule has 0 bridgehead atoms. The quantitative estimate of drug-likeness (QED) is 0.681. The first-order chi connectivity index (χ1) is 6.61. The minimum Gasteiger partial charge on any atom is -0.480 e. The number of nitrogens with one attached hydrogen (secondary N) is 1. The highest BCUT2D eigenvalue weighted by Crippen LogP contribution is 2.12. The maximum Gasteiger partial charge on any atom is 0.325 e. The monoisotopic (exact) mass is 201 g/mol. The van der Waals surface area contributed by atoms with Gasteiger partial charge in [-0.05, 0) is 26.2 Å². The summed E-state index contributed by atoms with van der Waals surface area (Å²) in [6.45, 7) is 2.02. The smallest absolute Gasteiger partial charge is 0.325 e. The molecule has 80 valence electrons. The third-order valence-electron chi connectivity index (χ3n) is 2.20. The number of rotatable bonds is 3. The van der Waals surface area contributed by atoms with Crippen LogP contribution in [0.15, 0.2) is 0 Å². The number of ether oxygens (including phenoxy) is 1. The summed E-state index contributed by atoms with van der Waals surface area (Å²) in [5.41, 5.74) is 0. The van der Waals surface area contributed by atoms with Crippen molar-refractivity contribution in [3.05, 3.63) is 0 Å². The summed E-state index contributed by atoms with van der Waals surface area (Å²) in [6.07, 6.45) is 2.14. The molecule has 0 aromatic heterocycles. The van der Waals surface area contributed by atoms with Gasteiger partial charge in [-0.25, -0.2) is 0 Å². The van der Waals surface area contributed by atoms with E-state index in [9.17, 15) is 9.59 Å². The summed E-state index contributed by atoms with van der Waals surface area (Å²) in [5.74, 6) is -1.35. The zero-order valence-corrected chi connectivity index (χ0v) is 8.16. The van der Waals surface area contributed by atoms with Crippen LogP contribution < -0.4 is 5.32 Å². The second-order valence-corrected chi connectivity index (χ2v) is 3.42. The third-order valence-corrected chi connectivity index (χ3v) is 2.20. The van der Waals surface area contributed by atoms with Crippen molar-refractivity contribution in [2.75, 3.05) is 6.61 Å². The molecule has 0 aromatic rings. The molecule has 0 aliphatic carbocycles. The van der Waals surface area contributed by atoms with Gasteiger partial charge in [-0.3, -0.25) is 9.59 Å².